The minimum atomic E-state index is -0.813. The number of hydrogen-bond donors (Lipinski definition) is 1. The highest BCUT2D eigenvalue weighted by Crippen LogP contribution is 2.23. The van der Waals surface area contributed by atoms with Gasteiger partial charge in [-0.25, -0.2) is 0 Å². The van der Waals surface area contributed by atoms with Gasteiger partial charge in [-0.2, -0.15) is 0 Å². The lowest BCUT2D eigenvalue weighted by atomic mass is 9.93. The second kappa shape index (κ2) is 4.84. The van der Waals surface area contributed by atoms with E-state index in [9.17, 15) is 9.59 Å². The van der Waals surface area contributed by atoms with Crippen LogP contribution in [-0.2, 0) is 11.8 Å². The molecule has 0 aliphatic carbocycles. The third-order valence-corrected chi connectivity index (χ3v) is 3.66. The van der Waals surface area contributed by atoms with Crippen molar-refractivity contribution in [3.8, 4) is 0 Å². The summed E-state index contributed by atoms with van der Waals surface area (Å²) in [4.78, 5) is 25.1. The van der Waals surface area contributed by atoms with E-state index in [1.165, 1.54) is 0 Å². The lowest BCUT2D eigenvalue weighted by Gasteiger charge is -2.36. The van der Waals surface area contributed by atoms with Crippen LogP contribution in [0.15, 0.2) is 18.3 Å². The van der Waals surface area contributed by atoms with Crippen molar-refractivity contribution in [1.82, 2.24) is 9.47 Å². The number of nitrogens with zero attached hydrogens (tertiary/aromatic N) is 2. The summed E-state index contributed by atoms with van der Waals surface area (Å²) in [6, 6.07) is 3.68. The Labute approximate surface area is 106 Å². The van der Waals surface area contributed by atoms with Crippen LogP contribution in [0.5, 0.6) is 0 Å². The van der Waals surface area contributed by atoms with E-state index in [0.29, 0.717) is 18.7 Å². The number of aromatic nitrogens is 1. The maximum Gasteiger partial charge on any atom is 0.308 e. The largest absolute Gasteiger partial charge is 0.481 e. The molecule has 5 heteroatoms. The molecule has 18 heavy (non-hydrogen) atoms. The van der Waals surface area contributed by atoms with Crippen LogP contribution in [0.3, 0.4) is 0 Å². The molecule has 1 aliphatic rings. The van der Waals surface area contributed by atoms with Crippen LogP contribution in [0.1, 0.15) is 30.3 Å². The minimum absolute atomic E-state index is 0.0825. The summed E-state index contributed by atoms with van der Waals surface area (Å²) < 4.78 is 1.76. The van der Waals surface area contributed by atoms with E-state index in [2.05, 4.69) is 0 Å². The molecule has 0 radical (unpaired) electrons. The number of aliphatic carboxylic acids is 1. The van der Waals surface area contributed by atoms with Gasteiger partial charge < -0.3 is 14.6 Å². The van der Waals surface area contributed by atoms with Gasteiger partial charge in [0.15, 0.2) is 0 Å². The van der Waals surface area contributed by atoms with Crippen molar-refractivity contribution in [2.24, 2.45) is 13.0 Å². The summed E-state index contributed by atoms with van der Waals surface area (Å²) >= 11 is 0. The second-order valence-electron chi connectivity index (χ2n) is 4.92. The Kier molecular flexibility index (Phi) is 3.41. The van der Waals surface area contributed by atoms with E-state index in [1.54, 1.807) is 15.5 Å². The number of piperidine rings is 1. The van der Waals surface area contributed by atoms with Crippen LogP contribution in [-0.4, -0.2) is 39.0 Å². The van der Waals surface area contributed by atoms with E-state index in [0.717, 1.165) is 6.42 Å². The van der Waals surface area contributed by atoms with Crippen molar-refractivity contribution in [3.05, 3.63) is 24.0 Å². The number of carbonyl (C=O) groups is 2. The summed E-state index contributed by atoms with van der Waals surface area (Å²) in [6.07, 6.45) is 3.21. The van der Waals surface area contributed by atoms with Gasteiger partial charge in [0.05, 0.1) is 5.92 Å². The van der Waals surface area contributed by atoms with Crippen LogP contribution in [0.25, 0.3) is 0 Å². The van der Waals surface area contributed by atoms with Gasteiger partial charge in [-0.1, -0.05) is 0 Å². The van der Waals surface area contributed by atoms with E-state index >= 15 is 0 Å². The zero-order chi connectivity index (χ0) is 13.3. The van der Waals surface area contributed by atoms with Crippen molar-refractivity contribution in [3.63, 3.8) is 0 Å². The Balaban J connectivity index is 2.18. The molecule has 2 rings (SSSR count). The molecule has 1 aromatic rings. The zero-order valence-corrected chi connectivity index (χ0v) is 10.7. The highest BCUT2D eigenvalue weighted by atomic mass is 16.4. The van der Waals surface area contributed by atoms with Gasteiger partial charge in [0.25, 0.3) is 5.91 Å². The number of rotatable bonds is 2. The quantitative estimate of drug-likeness (QED) is 0.861. The molecule has 1 saturated heterocycles. The van der Waals surface area contributed by atoms with Crippen LogP contribution in [0.4, 0.5) is 0 Å². The highest BCUT2D eigenvalue weighted by molar-refractivity contribution is 5.93. The minimum Gasteiger partial charge on any atom is -0.481 e. The fraction of sp³-hybridized carbons (Fsp3) is 0.538. The predicted molar refractivity (Wildman–Crippen MR) is 66.3 cm³/mol. The average Bonchev–Trinajstić information content (AvgIpc) is 2.75. The number of amides is 1. The van der Waals surface area contributed by atoms with Gasteiger partial charge in [-0.15, -0.1) is 0 Å². The standard InChI is InChI=1S/C13H18N2O3/c1-9-5-6-10(13(17)18)8-15(9)12(16)11-4-3-7-14(11)2/h3-4,7,9-10H,5-6,8H2,1-2H3,(H,17,18). The monoisotopic (exact) mass is 250 g/mol. The first kappa shape index (κ1) is 12.7. The van der Waals surface area contributed by atoms with Gasteiger partial charge in [0.2, 0.25) is 0 Å². The normalized spacial score (nSPS) is 24.0. The van der Waals surface area contributed by atoms with E-state index in [-0.39, 0.29) is 11.9 Å². The topological polar surface area (TPSA) is 62.5 Å². The van der Waals surface area contributed by atoms with Gasteiger partial charge in [-0.05, 0) is 31.9 Å². The SMILES string of the molecule is CC1CCC(C(=O)O)CN1C(=O)c1cccn1C. The molecule has 0 aromatic carbocycles. The smallest absolute Gasteiger partial charge is 0.308 e. The lowest BCUT2D eigenvalue weighted by molar-refractivity contribution is -0.143. The first-order chi connectivity index (χ1) is 8.50. The summed E-state index contributed by atoms with van der Waals surface area (Å²) in [6.45, 7) is 2.28. The third-order valence-electron chi connectivity index (χ3n) is 3.66. The third kappa shape index (κ3) is 2.25. The Bertz CT molecular complexity index is 467. The molecule has 98 valence electrons. The number of carbonyl (C=O) groups excluding carboxylic acids is 1. The molecule has 2 unspecified atom stereocenters. The molecule has 0 spiro atoms. The van der Waals surface area contributed by atoms with Crippen LogP contribution in [0, 0.1) is 5.92 Å². The number of carboxylic acid groups (broad SMARTS) is 1. The molecule has 1 amide bonds. The number of carboxylic acids is 1. The summed E-state index contributed by atoms with van der Waals surface area (Å²) in [5, 5.41) is 9.07. The second-order valence-corrected chi connectivity index (χ2v) is 4.92. The molecule has 0 bridgehead atoms. The Morgan fingerprint density at radius 2 is 2.11 bits per heavy atom. The number of likely N-dealkylation sites (tertiary alicyclic amines) is 1. The predicted octanol–water partition coefficient (Wildman–Crippen LogP) is 1.35. The van der Waals surface area contributed by atoms with Gasteiger partial charge in [0, 0.05) is 25.8 Å². The molecule has 1 fully saturated rings. The maximum atomic E-state index is 12.4. The molecule has 1 aliphatic heterocycles. The highest BCUT2D eigenvalue weighted by Gasteiger charge is 2.33. The van der Waals surface area contributed by atoms with Crippen molar-refractivity contribution in [2.45, 2.75) is 25.8 Å². The Morgan fingerprint density at radius 1 is 1.39 bits per heavy atom. The first-order valence-corrected chi connectivity index (χ1v) is 6.16. The lowest BCUT2D eigenvalue weighted by Crippen LogP contribution is -2.47. The zero-order valence-electron chi connectivity index (χ0n) is 10.7. The van der Waals surface area contributed by atoms with Crippen LogP contribution in [0.2, 0.25) is 0 Å². The molecular weight excluding hydrogens is 232 g/mol. The Hall–Kier alpha value is -1.78. The molecule has 1 N–H and O–H groups in total. The summed E-state index contributed by atoms with van der Waals surface area (Å²) in [7, 11) is 1.82. The molecule has 2 atom stereocenters. The van der Waals surface area contributed by atoms with Crippen LogP contribution < -0.4 is 0 Å². The first-order valence-electron chi connectivity index (χ1n) is 6.16. The maximum absolute atomic E-state index is 12.4. The molecule has 5 nitrogen and oxygen atoms in total. The average molecular weight is 250 g/mol. The van der Waals surface area contributed by atoms with Crippen LogP contribution >= 0.6 is 0 Å². The van der Waals surface area contributed by atoms with Crippen molar-refractivity contribution >= 4 is 11.9 Å². The summed E-state index contributed by atoms with van der Waals surface area (Å²) in [5.41, 5.74) is 0.605. The number of aryl methyl sites for hydroxylation is 1. The molecular formula is C13H18N2O3. The van der Waals surface area contributed by atoms with Gasteiger partial charge in [-0.3, -0.25) is 9.59 Å². The van der Waals surface area contributed by atoms with Crippen molar-refractivity contribution in [2.75, 3.05) is 6.54 Å². The van der Waals surface area contributed by atoms with E-state index in [4.69, 9.17) is 5.11 Å². The van der Waals surface area contributed by atoms with Crippen molar-refractivity contribution < 1.29 is 14.7 Å². The summed E-state index contributed by atoms with van der Waals surface area (Å²) in [5.74, 6) is -1.34. The molecule has 0 saturated carbocycles. The fourth-order valence-electron chi connectivity index (χ4n) is 2.42. The fourth-order valence-corrected chi connectivity index (χ4v) is 2.42. The molecule has 1 aromatic heterocycles. The molecule has 2 heterocycles. The number of hydrogen-bond acceptors (Lipinski definition) is 2. The van der Waals surface area contributed by atoms with E-state index in [1.807, 2.05) is 26.2 Å². The van der Waals surface area contributed by atoms with Crippen molar-refractivity contribution in [1.29, 1.82) is 0 Å². The van der Waals surface area contributed by atoms with Gasteiger partial charge in [0.1, 0.15) is 5.69 Å². The Morgan fingerprint density at radius 3 is 2.67 bits per heavy atom. The van der Waals surface area contributed by atoms with Gasteiger partial charge >= 0.3 is 5.97 Å². The van der Waals surface area contributed by atoms with E-state index < -0.39 is 11.9 Å².